The molecule has 0 radical (unpaired) electrons. The molecule has 0 bridgehead atoms. The Balaban J connectivity index is 5.25. The van der Waals surface area contributed by atoms with Gasteiger partial charge in [0.1, 0.15) is 19.3 Å². The Morgan fingerprint density at radius 1 is 0.333 bits per heavy atom. The minimum atomic E-state index is -4.96. The summed E-state index contributed by atoms with van der Waals surface area (Å²) >= 11 is 0. The summed E-state index contributed by atoms with van der Waals surface area (Å²) in [6, 6.07) is 0. The lowest BCUT2D eigenvalue weighted by Crippen LogP contribution is -2.30. The molecule has 0 saturated carbocycles. The number of esters is 4. The predicted molar refractivity (Wildman–Crippen MR) is 377 cm³/mol. The van der Waals surface area contributed by atoms with Crippen molar-refractivity contribution in [3.05, 3.63) is 24.3 Å². The Hall–Kier alpha value is -2.46. The summed E-state index contributed by atoms with van der Waals surface area (Å²) in [6.45, 7) is 7.22. The van der Waals surface area contributed by atoms with Gasteiger partial charge in [-0.3, -0.25) is 37.3 Å². The van der Waals surface area contributed by atoms with Gasteiger partial charge in [-0.15, -0.1) is 0 Å². The highest BCUT2D eigenvalue weighted by atomic mass is 31.2. The van der Waals surface area contributed by atoms with Gasteiger partial charge in [-0.1, -0.05) is 309 Å². The summed E-state index contributed by atoms with van der Waals surface area (Å²) in [6.07, 6.45) is 57.6. The van der Waals surface area contributed by atoms with E-state index in [4.69, 9.17) is 37.0 Å². The lowest BCUT2D eigenvalue weighted by atomic mass is 10.0. The molecule has 17 nitrogen and oxygen atoms in total. The number of hydrogen-bond donors (Lipinski definition) is 3. The van der Waals surface area contributed by atoms with Crippen molar-refractivity contribution < 1.29 is 80.2 Å². The molecule has 0 spiro atoms. The summed E-state index contributed by atoms with van der Waals surface area (Å²) in [4.78, 5) is 72.6. The molecular formula is C74H140O17P2. The van der Waals surface area contributed by atoms with Gasteiger partial charge in [0.2, 0.25) is 0 Å². The van der Waals surface area contributed by atoms with Gasteiger partial charge in [-0.05, 0) is 57.3 Å². The quantitative estimate of drug-likeness (QED) is 0.0169. The maximum absolute atomic E-state index is 13.1. The first-order valence-electron chi connectivity index (χ1n) is 38.0. The molecule has 0 rings (SSSR count). The van der Waals surface area contributed by atoms with Crippen LogP contribution in [0.2, 0.25) is 0 Å². The third-order valence-corrected chi connectivity index (χ3v) is 18.6. The molecule has 0 aliphatic rings. The number of carbonyl (C=O) groups excluding carboxylic acids is 4. The van der Waals surface area contributed by atoms with Gasteiger partial charge in [0.05, 0.1) is 26.4 Å². The second kappa shape index (κ2) is 66.8. The Morgan fingerprint density at radius 3 is 0.882 bits per heavy atom. The number of phosphoric ester groups is 2. The monoisotopic (exact) mass is 1360 g/mol. The van der Waals surface area contributed by atoms with Crippen molar-refractivity contribution in [2.75, 3.05) is 39.6 Å². The molecule has 0 aliphatic heterocycles. The fraction of sp³-hybridized carbons (Fsp3) is 0.892. The van der Waals surface area contributed by atoms with Crippen LogP contribution in [0.4, 0.5) is 0 Å². The molecule has 0 aromatic rings. The van der Waals surface area contributed by atoms with E-state index in [2.05, 4.69) is 58.9 Å². The van der Waals surface area contributed by atoms with Crippen molar-refractivity contribution in [1.29, 1.82) is 0 Å². The van der Waals surface area contributed by atoms with Crippen molar-refractivity contribution in [2.24, 2.45) is 5.92 Å². The summed E-state index contributed by atoms with van der Waals surface area (Å²) in [7, 11) is -9.91. The molecule has 19 heteroatoms. The third kappa shape index (κ3) is 67.9. The van der Waals surface area contributed by atoms with Crippen molar-refractivity contribution in [2.45, 2.75) is 380 Å². The molecule has 5 atom stereocenters. The maximum atomic E-state index is 13.1. The van der Waals surface area contributed by atoms with E-state index in [1.54, 1.807) is 0 Å². The average Bonchev–Trinajstić information content (AvgIpc) is 1.98. The van der Waals surface area contributed by atoms with E-state index >= 15 is 0 Å². The van der Waals surface area contributed by atoms with Crippen molar-refractivity contribution in [1.82, 2.24) is 0 Å². The Labute approximate surface area is 567 Å². The summed E-state index contributed by atoms with van der Waals surface area (Å²) in [5.74, 6) is -1.35. The molecule has 548 valence electrons. The van der Waals surface area contributed by atoms with Gasteiger partial charge < -0.3 is 33.8 Å². The molecule has 3 N–H and O–H groups in total. The number of phosphoric acid groups is 2. The van der Waals surface area contributed by atoms with Crippen molar-refractivity contribution in [3.63, 3.8) is 0 Å². The van der Waals surface area contributed by atoms with Gasteiger partial charge in [0.25, 0.3) is 0 Å². The average molecular weight is 1360 g/mol. The molecular weight excluding hydrogens is 1220 g/mol. The second-order valence-electron chi connectivity index (χ2n) is 26.5. The number of rotatable bonds is 72. The van der Waals surface area contributed by atoms with E-state index in [0.717, 1.165) is 115 Å². The van der Waals surface area contributed by atoms with E-state index < -0.39 is 97.5 Å². The summed E-state index contributed by atoms with van der Waals surface area (Å²) < 4.78 is 68.3. The Kier molecular flexibility index (Phi) is 65.0. The lowest BCUT2D eigenvalue weighted by Gasteiger charge is -2.21. The molecule has 93 heavy (non-hydrogen) atoms. The molecule has 2 unspecified atom stereocenters. The second-order valence-corrected chi connectivity index (χ2v) is 29.4. The van der Waals surface area contributed by atoms with E-state index in [9.17, 15) is 43.2 Å². The normalized spacial score (nSPS) is 14.2. The zero-order valence-electron chi connectivity index (χ0n) is 59.9. The van der Waals surface area contributed by atoms with Crippen LogP contribution >= 0.6 is 15.6 Å². The van der Waals surface area contributed by atoms with Crippen LogP contribution in [0.5, 0.6) is 0 Å². The number of allylic oxidation sites excluding steroid dienone is 4. The van der Waals surface area contributed by atoms with Crippen LogP contribution in [0.1, 0.15) is 362 Å². The van der Waals surface area contributed by atoms with Crippen LogP contribution in [-0.2, 0) is 65.4 Å². The molecule has 0 saturated heterocycles. The van der Waals surface area contributed by atoms with Crippen molar-refractivity contribution in [3.8, 4) is 0 Å². The van der Waals surface area contributed by atoms with Crippen LogP contribution in [0.3, 0.4) is 0 Å². The largest absolute Gasteiger partial charge is 0.472 e. The summed E-state index contributed by atoms with van der Waals surface area (Å²) in [5, 5.41) is 10.6. The molecule has 0 aromatic carbocycles. The van der Waals surface area contributed by atoms with Gasteiger partial charge in [-0.25, -0.2) is 9.13 Å². The fourth-order valence-electron chi connectivity index (χ4n) is 10.8. The van der Waals surface area contributed by atoms with E-state index in [1.165, 1.54) is 167 Å². The highest BCUT2D eigenvalue weighted by Gasteiger charge is 2.30. The van der Waals surface area contributed by atoms with Gasteiger partial charge in [0.15, 0.2) is 12.2 Å². The Morgan fingerprint density at radius 2 is 0.581 bits per heavy atom. The summed E-state index contributed by atoms with van der Waals surface area (Å²) in [5.41, 5.74) is 0. The highest BCUT2D eigenvalue weighted by molar-refractivity contribution is 7.47. The van der Waals surface area contributed by atoms with Crippen LogP contribution in [0, 0.1) is 5.92 Å². The molecule has 0 aromatic heterocycles. The predicted octanol–water partition coefficient (Wildman–Crippen LogP) is 21.2. The molecule has 0 amide bonds. The highest BCUT2D eigenvalue weighted by Crippen LogP contribution is 2.45. The van der Waals surface area contributed by atoms with Crippen molar-refractivity contribution >= 4 is 39.5 Å². The zero-order chi connectivity index (χ0) is 68.4. The standard InChI is InChI=1S/C74H140O17P2/c1-6-9-12-15-18-21-23-24-26-30-34-38-43-48-53-58-72(77)85-64-70(91-74(79)60-55-50-45-40-35-31-28-25-27-29-33-37-41-46-51-56-67(4)5)66-89-93(82,83)87-62-68(75)61-86-92(80,81)88-65-69(63-84-71(76)57-52-47-42-36-20-17-14-11-8-3)90-73(78)59-54-49-44-39-32-22-19-16-13-10-7-2/h21,23-24,26,67-70,75H,6-20,22,25,27-66H2,1-5H3,(H,80,81)(H,82,83)/b23-21-,26-24-/t68-,69+,70+/m0/s1. The van der Waals surface area contributed by atoms with E-state index in [1.807, 2.05) is 0 Å². The maximum Gasteiger partial charge on any atom is 0.472 e. The SMILES string of the molecule is CCCCCC/C=C\C=C/CCCCCCCC(=O)OC[C@H](COP(=O)(O)OC[C@@H](O)COP(=O)(O)OC[C@@H](COC(=O)CCCCCCCCCCC)OC(=O)CCCCCCCCCCCCC)OC(=O)CCCCCCCCCCCCCCCCCC(C)C. The number of hydrogen-bond acceptors (Lipinski definition) is 15. The van der Waals surface area contributed by atoms with Gasteiger partial charge in [0, 0.05) is 25.7 Å². The molecule has 0 fully saturated rings. The zero-order valence-corrected chi connectivity index (χ0v) is 61.7. The number of aliphatic hydroxyl groups is 1. The number of unbranched alkanes of at least 4 members (excludes halogenated alkanes) is 41. The fourth-order valence-corrected chi connectivity index (χ4v) is 12.4. The Bertz CT molecular complexity index is 1880. The minimum Gasteiger partial charge on any atom is -0.462 e. The van der Waals surface area contributed by atoms with Crippen LogP contribution in [0.25, 0.3) is 0 Å². The van der Waals surface area contributed by atoms with Crippen LogP contribution in [-0.4, -0.2) is 96.7 Å². The number of ether oxygens (including phenoxy) is 4. The first-order valence-corrected chi connectivity index (χ1v) is 40.9. The topological polar surface area (TPSA) is 237 Å². The number of carbonyl (C=O) groups is 4. The smallest absolute Gasteiger partial charge is 0.462 e. The molecule has 0 heterocycles. The third-order valence-electron chi connectivity index (χ3n) is 16.7. The first kappa shape index (κ1) is 90.5. The minimum absolute atomic E-state index is 0.101. The number of aliphatic hydroxyl groups excluding tert-OH is 1. The van der Waals surface area contributed by atoms with E-state index in [-0.39, 0.29) is 25.7 Å². The lowest BCUT2D eigenvalue weighted by molar-refractivity contribution is -0.161. The molecule has 0 aliphatic carbocycles. The van der Waals surface area contributed by atoms with E-state index in [0.29, 0.717) is 25.7 Å². The van der Waals surface area contributed by atoms with Gasteiger partial charge >= 0.3 is 39.5 Å². The van der Waals surface area contributed by atoms with Crippen LogP contribution in [0.15, 0.2) is 24.3 Å². The first-order chi connectivity index (χ1) is 45.0. The van der Waals surface area contributed by atoms with Crippen LogP contribution < -0.4 is 0 Å². The van der Waals surface area contributed by atoms with Gasteiger partial charge in [-0.2, -0.15) is 0 Å².